The molecule has 184 valence electrons. The summed E-state index contributed by atoms with van der Waals surface area (Å²) in [5.74, 6) is 0.870. The summed E-state index contributed by atoms with van der Waals surface area (Å²) in [6.07, 6.45) is -0.582. The summed E-state index contributed by atoms with van der Waals surface area (Å²) >= 11 is 6.12. The Labute approximate surface area is 208 Å². The molecule has 3 heterocycles. The van der Waals surface area contributed by atoms with Crippen LogP contribution in [0.2, 0.25) is 5.02 Å². The lowest BCUT2D eigenvalue weighted by Gasteiger charge is -2.38. The van der Waals surface area contributed by atoms with Crippen LogP contribution in [0.3, 0.4) is 0 Å². The lowest BCUT2D eigenvalue weighted by molar-refractivity contribution is -0.147. The van der Waals surface area contributed by atoms with Crippen molar-refractivity contribution in [3.63, 3.8) is 0 Å². The second-order valence-corrected chi connectivity index (χ2v) is 9.17. The highest BCUT2D eigenvalue weighted by Gasteiger charge is 2.40. The first-order chi connectivity index (χ1) is 16.9. The molecule has 0 saturated carbocycles. The van der Waals surface area contributed by atoms with Gasteiger partial charge in [-0.3, -0.25) is 14.4 Å². The molecule has 2 atom stereocenters. The van der Waals surface area contributed by atoms with Gasteiger partial charge in [-0.15, -0.1) is 0 Å². The van der Waals surface area contributed by atoms with E-state index in [4.69, 9.17) is 25.8 Å². The van der Waals surface area contributed by atoms with Crippen molar-refractivity contribution in [3.8, 4) is 17.2 Å². The van der Waals surface area contributed by atoms with Gasteiger partial charge in [-0.1, -0.05) is 23.7 Å². The van der Waals surface area contributed by atoms with Gasteiger partial charge in [0.05, 0.1) is 18.7 Å². The maximum Gasteiger partial charge on any atom is 0.267 e. The number of hydrogen-bond donors (Lipinski definition) is 0. The molecule has 0 N–H and O–H groups in total. The third-order valence-corrected chi connectivity index (χ3v) is 6.83. The van der Waals surface area contributed by atoms with E-state index in [0.29, 0.717) is 54.1 Å². The Morgan fingerprint density at radius 3 is 2.40 bits per heavy atom. The highest BCUT2D eigenvalue weighted by atomic mass is 35.5. The highest BCUT2D eigenvalue weighted by Crippen LogP contribution is 2.36. The summed E-state index contributed by atoms with van der Waals surface area (Å²) in [6.45, 7) is 2.03. The molecule has 9 nitrogen and oxygen atoms in total. The minimum Gasteiger partial charge on any atom is -0.495 e. The molecule has 2 fully saturated rings. The van der Waals surface area contributed by atoms with E-state index in [1.807, 2.05) is 12.1 Å². The number of anilines is 1. The average molecular weight is 500 g/mol. The van der Waals surface area contributed by atoms with Crippen molar-refractivity contribution in [2.75, 3.05) is 51.3 Å². The van der Waals surface area contributed by atoms with E-state index in [1.165, 1.54) is 7.11 Å². The van der Waals surface area contributed by atoms with E-state index in [0.717, 1.165) is 0 Å². The maximum absolute atomic E-state index is 13.2. The van der Waals surface area contributed by atoms with E-state index in [9.17, 15) is 14.4 Å². The van der Waals surface area contributed by atoms with E-state index in [2.05, 4.69) is 0 Å². The summed E-state index contributed by atoms with van der Waals surface area (Å²) in [4.78, 5) is 43.9. The Balaban J connectivity index is 1.17. The second kappa shape index (κ2) is 9.65. The summed E-state index contributed by atoms with van der Waals surface area (Å²) in [6, 6.07) is 12.3. The molecule has 0 aliphatic carbocycles. The van der Waals surface area contributed by atoms with Gasteiger partial charge in [0.1, 0.15) is 12.4 Å². The number of amides is 3. The summed E-state index contributed by atoms with van der Waals surface area (Å²) in [5.41, 5.74) is 0.562. The smallest absolute Gasteiger partial charge is 0.267 e. The third kappa shape index (κ3) is 4.60. The summed E-state index contributed by atoms with van der Waals surface area (Å²) < 4.78 is 16.9. The molecule has 3 amide bonds. The summed E-state index contributed by atoms with van der Waals surface area (Å²) in [7, 11) is 1.53. The fourth-order valence-electron chi connectivity index (χ4n) is 4.73. The Kier molecular flexibility index (Phi) is 6.42. The predicted molar refractivity (Wildman–Crippen MR) is 128 cm³/mol. The molecule has 35 heavy (non-hydrogen) atoms. The zero-order chi connectivity index (χ0) is 24.5. The van der Waals surface area contributed by atoms with Crippen molar-refractivity contribution in [2.24, 2.45) is 5.92 Å². The van der Waals surface area contributed by atoms with E-state index >= 15 is 0 Å². The Hall–Kier alpha value is -3.46. The van der Waals surface area contributed by atoms with E-state index < -0.39 is 12.0 Å². The molecule has 5 rings (SSSR count). The van der Waals surface area contributed by atoms with Gasteiger partial charge in [0.15, 0.2) is 11.5 Å². The van der Waals surface area contributed by atoms with Crippen LogP contribution in [0.4, 0.5) is 5.69 Å². The monoisotopic (exact) mass is 499 g/mol. The molecule has 3 aliphatic rings. The zero-order valence-corrected chi connectivity index (χ0v) is 20.1. The highest BCUT2D eigenvalue weighted by molar-refractivity contribution is 6.31. The minimum absolute atomic E-state index is 0.0832. The first-order valence-corrected chi connectivity index (χ1v) is 11.9. The van der Waals surface area contributed by atoms with Crippen LogP contribution < -0.4 is 19.1 Å². The van der Waals surface area contributed by atoms with Crippen LogP contribution in [0.25, 0.3) is 0 Å². The second-order valence-electron chi connectivity index (χ2n) is 8.74. The number of ether oxygens (including phenoxy) is 3. The van der Waals surface area contributed by atoms with Gasteiger partial charge >= 0.3 is 0 Å². The molecule has 0 bridgehead atoms. The van der Waals surface area contributed by atoms with Crippen molar-refractivity contribution < 1.29 is 28.6 Å². The van der Waals surface area contributed by atoms with Gasteiger partial charge < -0.3 is 28.9 Å². The average Bonchev–Trinajstić information content (AvgIpc) is 3.29. The molecule has 2 aromatic carbocycles. The fraction of sp³-hybridized carbons (Fsp3) is 0.400. The van der Waals surface area contributed by atoms with Crippen molar-refractivity contribution in [3.05, 3.63) is 47.5 Å². The maximum atomic E-state index is 13.2. The van der Waals surface area contributed by atoms with Crippen LogP contribution in [0, 0.1) is 5.92 Å². The molecule has 2 aromatic rings. The van der Waals surface area contributed by atoms with E-state index in [-0.39, 0.29) is 37.3 Å². The minimum atomic E-state index is -0.708. The topological polar surface area (TPSA) is 88.6 Å². The molecule has 0 spiro atoms. The predicted octanol–water partition coefficient (Wildman–Crippen LogP) is 2.21. The van der Waals surface area contributed by atoms with Gasteiger partial charge in [0, 0.05) is 44.2 Å². The number of fused-ring (bicyclic) bond motifs is 1. The Bertz CT molecular complexity index is 1150. The lowest BCUT2D eigenvalue weighted by atomic mass is 10.1. The van der Waals surface area contributed by atoms with E-state index in [1.54, 1.807) is 45.0 Å². The van der Waals surface area contributed by atoms with Gasteiger partial charge in [-0.05, 0) is 30.3 Å². The van der Waals surface area contributed by atoms with Crippen molar-refractivity contribution in [2.45, 2.75) is 12.5 Å². The standard InChI is InChI=1S/C25H26ClN3O6/c1-33-19-7-6-17(26)13-18(19)29-14-16(12-23(29)30)24(31)27-8-10-28(11-9-27)25(32)22-15-34-20-4-2-3-5-21(20)35-22/h2-7,13,16,22H,8-12,14-15H2,1H3. The lowest BCUT2D eigenvalue weighted by Crippen LogP contribution is -2.56. The summed E-state index contributed by atoms with van der Waals surface area (Å²) in [5, 5.41) is 0.486. The Morgan fingerprint density at radius 1 is 1.00 bits per heavy atom. The van der Waals surface area contributed by atoms with Gasteiger partial charge in [-0.25, -0.2) is 0 Å². The molecule has 2 unspecified atom stereocenters. The SMILES string of the molecule is COc1ccc(Cl)cc1N1CC(C(=O)N2CCN(C(=O)C3COc4ccccc4O3)CC2)CC1=O. The quantitative estimate of drug-likeness (QED) is 0.641. The molecular weight excluding hydrogens is 474 g/mol. The largest absolute Gasteiger partial charge is 0.495 e. The van der Waals surface area contributed by atoms with Gasteiger partial charge in [-0.2, -0.15) is 0 Å². The first-order valence-electron chi connectivity index (χ1n) is 11.5. The molecular formula is C25H26ClN3O6. The molecule has 0 aromatic heterocycles. The zero-order valence-electron chi connectivity index (χ0n) is 19.3. The van der Waals surface area contributed by atoms with Crippen LogP contribution in [-0.4, -0.2) is 80.1 Å². The van der Waals surface area contributed by atoms with Crippen LogP contribution in [0.15, 0.2) is 42.5 Å². The van der Waals surface area contributed by atoms with Gasteiger partial charge in [0.25, 0.3) is 5.91 Å². The van der Waals surface area contributed by atoms with Crippen molar-refractivity contribution in [1.29, 1.82) is 0 Å². The third-order valence-electron chi connectivity index (χ3n) is 6.59. The van der Waals surface area contributed by atoms with Crippen LogP contribution >= 0.6 is 11.6 Å². The number of piperazine rings is 1. The van der Waals surface area contributed by atoms with Crippen LogP contribution in [0.1, 0.15) is 6.42 Å². The van der Waals surface area contributed by atoms with Gasteiger partial charge in [0.2, 0.25) is 17.9 Å². The number of methoxy groups -OCH3 is 1. The van der Waals surface area contributed by atoms with Crippen LogP contribution in [0.5, 0.6) is 17.2 Å². The number of nitrogens with zero attached hydrogens (tertiary/aromatic N) is 3. The number of benzene rings is 2. The number of hydrogen-bond acceptors (Lipinski definition) is 6. The number of rotatable bonds is 4. The molecule has 2 saturated heterocycles. The number of carbonyl (C=O) groups is 3. The normalized spacial score (nSPS) is 21.8. The molecule has 0 radical (unpaired) electrons. The Morgan fingerprint density at radius 2 is 1.69 bits per heavy atom. The number of halogens is 1. The first kappa shape index (κ1) is 23.3. The van der Waals surface area contributed by atoms with Crippen molar-refractivity contribution in [1.82, 2.24) is 9.80 Å². The van der Waals surface area contributed by atoms with Crippen molar-refractivity contribution >= 4 is 35.0 Å². The fourth-order valence-corrected chi connectivity index (χ4v) is 4.90. The number of para-hydroxylation sites is 2. The molecule has 10 heteroatoms. The van der Waals surface area contributed by atoms with Crippen LogP contribution in [-0.2, 0) is 14.4 Å². The number of carbonyl (C=O) groups excluding carboxylic acids is 3. The molecule has 3 aliphatic heterocycles.